The molecule has 0 bridgehead atoms. The lowest BCUT2D eigenvalue weighted by molar-refractivity contribution is -0.124. The lowest BCUT2D eigenvalue weighted by Gasteiger charge is -2.45. The van der Waals surface area contributed by atoms with Crippen LogP contribution in [-0.2, 0) is 14.9 Å². The van der Waals surface area contributed by atoms with Crippen molar-refractivity contribution in [3.63, 3.8) is 0 Å². The summed E-state index contributed by atoms with van der Waals surface area (Å²) in [5.41, 5.74) is 3.26. The minimum atomic E-state index is -0.0666. The molecule has 1 heterocycles. The zero-order valence-corrected chi connectivity index (χ0v) is 14.8. The van der Waals surface area contributed by atoms with Gasteiger partial charge in [0.25, 0.3) is 0 Å². The summed E-state index contributed by atoms with van der Waals surface area (Å²) in [7, 11) is 0. The molecule has 1 saturated heterocycles. The van der Waals surface area contributed by atoms with Crippen LogP contribution in [0.4, 0.5) is 5.69 Å². The van der Waals surface area contributed by atoms with Gasteiger partial charge < -0.3 is 9.64 Å². The lowest BCUT2D eigenvalue weighted by atomic mass is 9.84. The van der Waals surface area contributed by atoms with E-state index in [1.807, 2.05) is 41.3 Å². The van der Waals surface area contributed by atoms with Gasteiger partial charge in [-0.25, -0.2) is 0 Å². The Labute approximate surface area is 144 Å². The fourth-order valence-electron chi connectivity index (χ4n) is 3.35. The number of carbonyl (C=O) groups is 1. The zero-order chi connectivity index (χ0) is 17.3. The van der Waals surface area contributed by atoms with E-state index in [9.17, 15) is 4.79 Å². The van der Waals surface area contributed by atoms with Crippen LogP contribution in [0.1, 0.15) is 44.9 Å². The van der Waals surface area contributed by atoms with Gasteiger partial charge in [-0.15, -0.1) is 0 Å². The molecule has 1 aliphatic rings. The first kappa shape index (κ1) is 16.7. The van der Waals surface area contributed by atoms with Gasteiger partial charge in [0.1, 0.15) is 6.10 Å². The fraction of sp³-hybridized carbons (Fsp3) is 0.381. The molecule has 2 aromatic rings. The maximum Gasteiger partial charge on any atom is 0.224 e. The van der Waals surface area contributed by atoms with Gasteiger partial charge in [0.05, 0.1) is 12.6 Å². The van der Waals surface area contributed by atoms with E-state index in [0.29, 0.717) is 6.61 Å². The number of ether oxygens (including phenoxy) is 1. The number of para-hydroxylation sites is 1. The lowest BCUT2D eigenvalue weighted by Crippen LogP contribution is -2.53. The third-order valence-electron chi connectivity index (χ3n) is 4.57. The Morgan fingerprint density at radius 2 is 1.67 bits per heavy atom. The van der Waals surface area contributed by atoms with Crippen molar-refractivity contribution >= 4 is 11.6 Å². The Balaban J connectivity index is 1.99. The third kappa shape index (κ3) is 3.09. The van der Waals surface area contributed by atoms with Gasteiger partial charge in [0.15, 0.2) is 0 Å². The molecule has 126 valence electrons. The molecule has 0 unspecified atom stereocenters. The molecular formula is C21H25NO2. The number of carbonyl (C=O) groups excluding carboxylic acids is 1. The molecule has 0 radical (unpaired) electrons. The Hall–Kier alpha value is -2.13. The molecule has 1 fully saturated rings. The van der Waals surface area contributed by atoms with Crippen molar-refractivity contribution in [1.29, 1.82) is 0 Å². The topological polar surface area (TPSA) is 29.5 Å². The summed E-state index contributed by atoms with van der Waals surface area (Å²) in [5.74, 6) is 0.0564. The van der Waals surface area contributed by atoms with E-state index in [4.69, 9.17) is 4.74 Å². The quantitative estimate of drug-likeness (QED) is 0.833. The van der Waals surface area contributed by atoms with Crippen LogP contribution < -0.4 is 4.90 Å². The maximum atomic E-state index is 12.5. The van der Waals surface area contributed by atoms with Gasteiger partial charge in [0.2, 0.25) is 5.91 Å². The van der Waals surface area contributed by atoms with E-state index in [2.05, 4.69) is 39.0 Å². The highest BCUT2D eigenvalue weighted by atomic mass is 16.5. The minimum Gasteiger partial charge on any atom is -0.369 e. The number of rotatable bonds is 3. The molecule has 0 aliphatic carbocycles. The number of amides is 1. The average molecular weight is 323 g/mol. The summed E-state index contributed by atoms with van der Waals surface area (Å²) in [6, 6.07) is 18.4. The summed E-state index contributed by atoms with van der Waals surface area (Å²) in [5, 5.41) is 0. The monoisotopic (exact) mass is 323 g/mol. The van der Waals surface area contributed by atoms with Crippen molar-refractivity contribution in [2.45, 2.75) is 45.3 Å². The molecule has 0 aromatic heterocycles. The molecule has 0 N–H and O–H groups in total. The van der Waals surface area contributed by atoms with Crippen molar-refractivity contribution in [3.8, 4) is 0 Å². The first-order chi connectivity index (χ1) is 11.4. The van der Waals surface area contributed by atoms with Gasteiger partial charge >= 0.3 is 0 Å². The van der Waals surface area contributed by atoms with Crippen LogP contribution in [0, 0.1) is 0 Å². The summed E-state index contributed by atoms with van der Waals surface area (Å²) < 4.78 is 5.81. The highest BCUT2D eigenvalue weighted by molar-refractivity contribution is 5.93. The van der Waals surface area contributed by atoms with E-state index >= 15 is 0 Å². The molecular weight excluding hydrogens is 298 g/mol. The van der Waals surface area contributed by atoms with E-state index < -0.39 is 0 Å². The smallest absolute Gasteiger partial charge is 0.224 e. The Bertz CT molecular complexity index is 718. The van der Waals surface area contributed by atoms with Crippen molar-refractivity contribution in [1.82, 2.24) is 0 Å². The van der Waals surface area contributed by atoms with Crippen molar-refractivity contribution in [2.75, 3.05) is 11.5 Å². The number of hydrogen-bond donors (Lipinski definition) is 0. The normalized spacial score (nSPS) is 20.3. The standard InChI is InChI=1S/C21H25NO2/c1-15(23)22(18-13-9-8-12-17(18)21(2,3)4)19-14-24-20(19)16-10-6-5-7-11-16/h5-13,19-20H,14H2,1-4H3/t19-,20-/m1/s1. The Morgan fingerprint density at radius 3 is 2.21 bits per heavy atom. The maximum absolute atomic E-state index is 12.5. The molecule has 0 saturated carbocycles. The Morgan fingerprint density at radius 1 is 1.04 bits per heavy atom. The molecule has 3 nitrogen and oxygen atoms in total. The molecule has 2 atom stereocenters. The number of nitrogens with zero attached hydrogens (tertiary/aromatic N) is 1. The molecule has 3 rings (SSSR count). The van der Waals surface area contributed by atoms with Crippen LogP contribution in [-0.4, -0.2) is 18.6 Å². The van der Waals surface area contributed by atoms with Crippen LogP contribution in [0.5, 0.6) is 0 Å². The highest BCUT2D eigenvalue weighted by Gasteiger charge is 2.41. The van der Waals surface area contributed by atoms with Crippen molar-refractivity contribution in [2.24, 2.45) is 0 Å². The summed E-state index contributed by atoms with van der Waals surface area (Å²) >= 11 is 0. The molecule has 1 amide bonds. The number of benzene rings is 2. The second kappa shape index (κ2) is 6.40. The van der Waals surface area contributed by atoms with Gasteiger partial charge in [-0.2, -0.15) is 0 Å². The third-order valence-corrected chi connectivity index (χ3v) is 4.57. The molecule has 1 aliphatic heterocycles. The van der Waals surface area contributed by atoms with Gasteiger partial charge in [-0.3, -0.25) is 4.79 Å². The molecule has 3 heteroatoms. The van der Waals surface area contributed by atoms with Gasteiger partial charge in [-0.1, -0.05) is 69.3 Å². The SMILES string of the molecule is CC(=O)N(c1ccccc1C(C)(C)C)[C@@H]1CO[C@@H]1c1ccccc1. The second-order valence-corrected chi connectivity index (χ2v) is 7.39. The zero-order valence-electron chi connectivity index (χ0n) is 14.8. The van der Waals surface area contributed by atoms with Crippen molar-refractivity contribution < 1.29 is 9.53 Å². The van der Waals surface area contributed by atoms with E-state index in [1.54, 1.807) is 6.92 Å². The van der Waals surface area contributed by atoms with E-state index in [-0.39, 0.29) is 23.5 Å². The highest BCUT2D eigenvalue weighted by Crippen LogP contribution is 2.39. The first-order valence-corrected chi connectivity index (χ1v) is 8.45. The van der Waals surface area contributed by atoms with Crippen molar-refractivity contribution in [3.05, 3.63) is 65.7 Å². The molecule has 2 aromatic carbocycles. The predicted molar refractivity (Wildman–Crippen MR) is 97.2 cm³/mol. The summed E-state index contributed by atoms with van der Waals surface area (Å²) in [6.45, 7) is 8.74. The van der Waals surface area contributed by atoms with Gasteiger partial charge in [0, 0.05) is 12.6 Å². The van der Waals surface area contributed by atoms with Crippen LogP contribution in [0.3, 0.4) is 0 Å². The first-order valence-electron chi connectivity index (χ1n) is 8.45. The van der Waals surface area contributed by atoms with Crippen LogP contribution in [0.2, 0.25) is 0 Å². The average Bonchev–Trinajstić information content (AvgIpc) is 2.51. The van der Waals surface area contributed by atoms with Gasteiger partial charge in [-0.05, 0) is 22.6 Å². The summed E-state index contributed by atoms with van der Waals surface area (Å²) in [6.07, 6.45) is -0.0666. The minimum absolute atomic E-state index is 0.0306. The van der Waals surface area contributed by atoms with Crippen LogP contribution >= 0.6 is 0 Å². The summed E-state index contributed by atoms with van der Waals surface area (Å²) in [4.78, 5) is 14.4. The largest absolute Gasteiger partial charge is 0.369 e. The number of hydrogen-bond acceptors (Lipinski definition) is 2. The molecule has 0 spiro atoms. The molecule has 24 heavy (non-hydrogen) atoms. The fourth-order valence-corrected chi connectivity index (χ4v) is 3.35. The van der Waals surface area contributed by atoms with E-state index in [1.165, 1.54) is 5.56 Å². The number of anilines is 1. The second-order valence-electron chi connectivity index (χ2n) is 7.39. The van der Waals surface area contributed by atoms with Crippen LogP contribution in [0.25, 0.3) is 0 Å². The van der Waals surface area contributed by atoms with Crippen LogP contribution in [0.15, 0.2) is 54.6 Å². The van der Waals surface area contributed by atoms with E-state index in [0.717, 1.165) is 11.3 Å². The predicted octanol–water partition coefficient (Wildman–Crippen LogP) is 4.48. The Kier molecular flexibility index (Phi) is 4.46.